The predicted octanol–water partition coefficient (Wildman–Crippen LogP) is 11.6. The fourth-order valence-corrected chi connectivity index (χ4v) is 14.4. The van der Waals surface area contributed by atoms with Gasteiger partial charge in [0.15, 0.2) is 0 Å². The van der Waals surface area contributed by atoms with Gasteiger partial charge in [-0.25, -0.2) is 4.79 Å². The monoisotopic (exact) mass is 744 g/mol. The first-order valence-corrected chi connectivity index (χ1v) is 21.4. The molecule has 4 saturated carbocycles. The number of hydrogen-bond donors (Lipinski definition) is 1. The lowest BCUT2D eigenvalue weighted by atomic mass is 9.32. The second-order valence-electron chi connectivity index (χ2n) is 20.1. The molecule has 0 radical (unpaired) electrons. The molecule has 2 heterocycles. The van der Waals surface area contributed by atoms with Crippen molar-refractivity contribution in [2.24, 2.45) is 56.7 Å². The molecule has 5 aliphatic rings. The highest BCUT2D eigenvalue weighted by Crippen LogP contribution is 2.77. The van der Waals surface area contributed by atoms with Gasteiger partial charge in [-0.1, -0.05) is 76.8 Å². The molecule has 2 aromatic heterocycles. The number of hydrogen-bond acceptors (Lipinski definition) is 6. The van der Waals surface area contributed by atoms with Gasteiger partial charge in [0.25, 0.3) is 0 Å². The van der Waals surface area contributed by atoms with E-state index < -0.39 is 5.60 Å². The van der Waals surface area contributed by atoms with Gasteiger partial charge >= 0.3 is 5.97 Å². The molecule has 0 saturated heterocycles. The first-order chi connectivity index (χ1) is 25.4. The standard InChI is InChI=1S/C47H60N4O2S/c1-29(2)33-18-25-47(24-17-31-21-28-54-39(31)40-48-50-51-49-40)27-26-45(9)35(38(33)47)15-16-37-44(8)22-19-34(43(6,7)36(44)20-23-46(37,45)10)30-11-13-32(14-12-30)41(52)53-42(3,4)5/h11-14,19,21,28,33,35-38H,1,15-16,18,20,22-23,25-27H2,2-10H3,(H,48,49,50,51)/t33-,35+,36-,37+,38+,44-,45+,46+,47+/m0/s1. The molecule has 4 fully saturated rings. The molecule has 9 atom stereocenters. The maximum Gasteiger partial charge on any atom is 0.338 e. The summed E-state index contributed by atoms with van der Waals surface area (Å²) in [7, 11) is 0. The van der Waals surface area contributed by atoms with Crippen LogP contribution in [0.15, 0.2) is 53.9 Å². The lowest BCUT2D eigenvalue weighted by Crippen LogP contribution is -2.65. The zero-order valence-electron chi connectivity index (χ0n) is 34.1. The Balaban J connectivity index is 1.10. The Bertz CT molecular complexity index is 2040. The minimum absolute atomic E-state index is 0.0120. The van der Waals surface area contributed by atoms with Crippen LogP contribution in [-0.2, 0) is 4.74 Å². The molecule has 3 aromatic rings. The Labute approximate surface area is 327 Å². The predicted molar refractivity (Wildman–Crippen MR) is 218 cm³/mol. The second kappa shape index (κ2) is 12.8. The van der Waals surface area contributed by atoms with Gasteiger partial charge in [-0.3, -0.25) is 0 Å². The van der Waals surface area contributed by atoms with Crippen molar-refractivity contribution in [1.82, 2.24) is 20.6 Å². The van der Waals surface area contributed by atoms with E-state index >= 15 is 0 Å². The summed E-state index contributed by atoms with van der Waals surface area (Å²) < 4.78 is 5.66. The van der Waals surface area contributed by atoms with E-state index in [-0.39, 0.29) is 33.0 Å². The molecule has 0 bridgehead atoms. The second-order valence-corrected chi connectivity index (χ2v) is 21.0. The van der Waals surface area contributed by atoms with Gasteiger partial charge in [0, 0.05) is 11.0 Å². The number of fused-ring (bicyclic) bond motifs is 7. The maximum absolute atomic E-state index is 12.8. The third kappa shape index (κ3) is 5.62. The number of tetrazole rings is 1. The maximum atomic E-state index is 12.8. The third-order valence-corrected chi connectivity index (χ3v) is 17.0. The van der Waals surface area contributed by atoms with E-state index in [4.69, 9.17) is 4.74 Å². The van der Waals surface area contributed by atoms with Crippen molar-refractivity contribution in [1.29, 1.82) is 0 Å². The lowest BCUT2D eigenvalue weighted by molar-refractivity contribution is -0.220. The van der Waals surface area contributed by atoms with E-state index in [1.165, 1.54) is 61.7 Å². The van der Waals surface area contributed by atoms with Crippen LogP contribution in [0.4, 0.5) is 0 Å². The van der Waals surface area contributed by atoms with Gasteiger partial charge in [-0.05, 0) is 177 Å². The topological polar surface area (TPSA) is 80.8 Å². The molecule has 1 N–H and O–H groups in total. The first kappa shape index (κ1) is 37.4. The van der Waals surface area contributed by atoms with E-state index in [1.807, 2.05) is 32.9 Å². The highest BCUT2D eigenvalue weighted by molar-refractivity contribution is 7.13. The van der Waals surface area contributed by atoms with Crippen LogP contribution in [0.25, 0.3) is 16.3 Å². The van der Waals surface area contributed by atoms with Crippen molar-refractivity contribution in [3.63, 3.8) is 0 Å². The van der Waals surface area contributed by atoms with E-state index in [0.29, 0.717) is 41.0 Å². The number of carbonyl (C=O) groups is 1. The first-order valence-electron chi connectivity index (χ1n) is 20.5. The number of allylic oxidation sites excluding steroid dienone is 3. The van der Waals surface area contributed by atoms with Crippen LogP contribution in [0, 0.1) is 68.5 Å². The van der Waals surface area contributed by atoms with Gasteiger partial charge < -0.3 is 4.74 Å². The summed E-state index contributed by atoms with van der Waals surface area (Å²) in [6.07, 6.45) is 13.6. The van der Waals surface area contributed by atoms with Crippen molar-refractivity contribution in [2.45, 2.75) is 126 Å². The normalized spacial score (nSPS) is 36.7. The zero-order valence-corrected chi connectivity index (χ0v) is 34.9. The minimum atomic E-state index is -0.510. The SMILES string of the molecule is C=C(C)[C@@H]1CC[C@]2(C#Cc3ccsc3-c3nn[nH]n3)CC[C@]3(C)[C@H](CC[C@@H]4[C@@]5(C)CC=C(c6ccc(C(=O)OC(C)(C)C)cc6)C(C)(C)[C@@H]5CC[C@]43C)[C@@H]12. The summed E-state index contributed by atoms with van der Waals surface area (Å²) in [6, 6.07) is 10.3. The number of esters is 1. The van der Waals surface area contributed by atoms with Gasteiger partial charge in [0.05, 0.1) is 10.4 Å². The van der Waals surface area contributed by atoms with Crippen LogP contribution in [0.3, 0.4) is 0 Å². The van der Waals surface area contributed by atoms with Crippen LogP contribution in [0.2, 0.25) is 0 Å². The van der Waals surface area contributed by atoms with E-state index in [1.54, 1.807) is 11.3 Å². The van der Waals surface area contributed by atoms with Crippen molar-refractivity contribution in [2.75, 3.05) is 0 Å². The van der Waals surface area contributed by atoms with Gasteiger partial charge in [0.2, 0.25) is 5.82 Å². The Hall–Kier alpha value is -3.50. The van der Waals surface area contributed by atoms with Crippen LogP contribution >= 0.6 is 11.3 Å². The van der Waals surface area contributed by atoms with E-state index in [9.17, 15) is 4.79 Å². The summed E-state index contributed by atoms with van der Waals surface area (Å²) in [4.78, 5) is 13.8. The Morgan fingerprint density at radius 3 is 2.39 bits per heavy atom. The number of H-pyrrole nitrogens is 1. The lowest BCUT2D eigenvalue weighted by Gasteiger charge is -2.72. The molecule has 286 valence electrons. The fourth-order valence-electron chi connectivity index (χ4n) is 13.6. The van der Waals surface area contributed by atoms with Crippen LogP contribution < -0.4 is 0 Å². The smallest absolute Gasteiger partial charge is 0.338 e. The number of rotatable bonds is 4. The summed E-state index contributed by atoms with van der Waals surface area (Å²) >= 11 is 1.64. The number of nitrogens with zero attached hydrogens (tertiary/aromatic N) is 3. The van der Waals surface area contributed by atoms with Crippen LogP contribution in [0.1, 0.15) is 142 Å². The number of aromatic nitrogens is 4. The average molecular weight is 745 g/mol. The van der Waals surface area contributed by atoms with Crippen LogP contribution in [0.5, 0.6) is 0 Å². The summed E-state index contributed by atoms with van der Waals surface area (Å²) in [6.45, 7) is 25.7. The number of benzene rings is 1. The molecule has 0 spiro atoms. The van der Waals surface area contributed by atoms with E-state index in [0.717, 1.165) is 23.3 Å². The number of nitrogens with one attached hydrogen (secondary N) is 1. The molecule has 0 amide bonds. The molecule has 1 aromatic carbocycles. The average Bonchev–Trinajstić information content (AvgIpc) is 3.87. The van der Waals surface area contributed by atoms with Crippen molar-refractivity contribution in [3.05, 3.63) is 70.6 Å². The van der Waals surface area contributed by atoms with Gasteiger partial charge in [0.1, 0.15) is 5.60 Å². The number of ether oxygens (including phenoxy) is 1. The molecule has 5 aliphatic carbocycles. The summed E-state index contributed by atoms with van der Waals surface area (Å²) in [5, 5.41) is 17.1. The number of carbonyl (C=O) groups excluding carboxylic acids is 1. The molecular formula is C47H60N4O2S. The molecule has 0 aliphatic heterocycles. The van der Waals surface area contributed by atoms with Crippen molar-refractivity contribution >= 4 is 22.9 Å². The zero-order chi connectivity index (χ0) is 38.5. The highest BCUT2D eigenvalue weighted by Gasteiger charge is 2.70. The summed E-state index contributed by atoms with van der Waals surface area (Å²) in [5.74, 6) is 11.1. The Morgan fingerprint density at radius 1 is 0.944 bits per heavy atom. The minimum Gasteiger partial charge on any atom is -0.456 e. The van der Waals surface area contributed by atoms with Gasteiger partial charge in [-0.15, -0.1) is 21.5 Å². The Kier molecular flexibility index (Phi) is 8.85. The molecular weight excluding hydrogens is 685 g/mol. The highest BCUT2D eigenvalue weighted by atomic mass is 32.1. The van der Waals surface area contributed by atoms with Crippen LogP contribution in [-0.4, -0.2) is 32.2 Å². The molecule has 8 rings (SSSR count). The number of thiophene rings is 1. The van der Waals surface area contributed by atoms with E-state index in [2.05, 4.69) is 110 Å². The quantitative estimate of drug-likeness (QED) is 0.163. The van der Waals surface area contributed by atoms with Crippen molar-refractivity contribution in [3.8, 4) is 22.5 Å². The Morgan fingerprint density at radius 2 is 1.70 bits per heavy atom. The molecule has 0 unspecified atom stereocenters. The fraction of sp³-hybridized carbons (Fsp3) is 0.617. The molecule has 6 nitrogen and oxygen atoms in total. The van der Waals surface area contributed by atoms with Crippen molar-refractivity contribution < 1.29 is 9.53 Å². The van der Waals surface area contributed by atoms with Gasteiger partial charge in [-0.2, -0.15) is 5.21 Å². The summed E-state index contributed by atoms with van der Waals surface area (Å²) in [5.41, 5.74) is 5.94. The third-order valence-electron chi connectivity index (χ3n) is 16.1. The largest absolute Gasteiger partial charge is 0.456 e. The molecule has 54 heavy (non-hydrogen) atoms. The number of aromatic amines is 1. The molecule has 7 heteroatoms.